The average Bonchev–Trinajstić information content (AvgIpc) is 2.55. The summed E-state index contributed by atoms with van der Waals surface area (Å²) in [6.45, 7) is 18.9. The summed E-state index contributed by atoms with van der Waals surface area (Å²) in [5, 5.41) is 7.51. The van der Waals surface area contributed by atoms with Crippen LogP contribution >= 0.6 is 0 Å². The van der Waals surface area contributed by atoms with E-state index in [4.69, 9.17) is 0 Å². The molecule has 0 bridgehead atoms. The Labute approximate surface area is 153 Å². The summed E-state index contributed by atoms with van der Waals surface area (Å²) in [5.41, 5.74) is 0. The van der Waals surface area contributed by atoms with E-state index in [9.17, 15) is 0 Å². The molecule has 6 heteroatoms. The molecule has 0 saturated heterocycles. The zero-order valence-electron chi connectivity index (χ0n) is 17.2. The van der Waals surface area contributed by atoms with Gasteiger partial charge < -0.3 is 0 Å². The first-order chi connectivity index (χ1) is 11.6. The molecular weight excluding hydrogens is 312 g/mol. The highest BCUT2D eigenvalue weighted by molar-refractivity contribution is 4.98. The lowest BCUT2D eigenvalue weighted by Crippen LogP contribution is -2.04. The lowest BCUT2D eigenvalue weighted by molar-refractivity contribution is 0.693. The maximum absolute atomic E-state index is 4.35. The molecule has 0 N–H and O–H groups in total. The van der Waals surface area contributed by atoms with Crippen molar-refractivity contribution in [2.24, 2.45) is 5.92 Å². The first kappa shape index (κ1) is 23.0. The van der Waals surface area contributed by atoms with Crippen molar-refractivity contribution in [3.05, 3.63) is 36.2 Å². The average molecular weight is 347 g/mol. The minimum atomic E-state index is 0.374. The highest BCUT2D eigenvalue weighted by atomic mass is 15.1. The van der Waals surface area contributed by atoms with Crippen LogP contribution in [0.1, 0.15) is 97.5 Å². The van der Waals surface area contributed by atoms with Gasteiger partial charge in [-0.25, -0.2) is 19.9 Å². The molecule has 25 heavy (non-hydrogen) atoms. The number of hydrogen-bond donors (Lipinski definition) is 0. The van der Waals surface area contributed by atoms with E-state index in [2.05, 4.69) is 78.6 Å². The second-order valence-corrected chi connectivity index (χ2v) is 7.40. The first-order valence-corrected chi connectivity index (χ1v) is 8.97. The van der Waals surface area contributed by atoms with Crippen molar-refractivity contribution in [1.29, 1.82) is 0 Å². The Morgan fingerprint density at radius 3 is 1.32 bits per heavy atom. The highest BCUT2D eigenvalue weighted by Gasteiger charge is 2.06. The van der Waals surface area contributed by atoms with Crippen molar-refractivity contribution in [2.45, 2.75) is 80.1 Å². The van der Waals surface area contributed by atoms with Crippen LogP contribution in [0.4, 0.5) is 0 Å². The zero-order chi connectivity index (χ0) is 19.4. The van der Waals surface area contributed by atoms with Gasteiger partial charge in [-0.2, -0.15) is 5.10 Å². The lowest BCUT2D eigenvalue weighted by atomic mass is 10.2. The quantitative estimate of drug-likeness (QED) is 0.796. The van der Waals surface area contributed by atoms with Crippen LogP contribution in [0.3, 0.4) is 0 Å². The summed E-state index contributed by atoms with van der Waals surface area (Å²) in [5.74, 6) is 4.54. The second-order valence-electron chi connectivity index (χ2n) is 7.40. The molecule has 0 spiro atoms. The van der Waals surface area contributed by atoms with Crippen LogP contribution < -0.4 is 0 Å². The highest BCUT2D eigenvalue weighted by Crippen LogP contribution is 2.11. The summed E-state index contributed by atoms with van der Waals surface area (Å²) < 4.78 is 0. The van der Waals surface area contributed by atoms with E-state index >= 15 is 0 Å². The smallest absolute Gasteiger partial charge is 0.153 e. The molecule has 0 aliphatic heterocycles. The molecule has 2 heterocycles. The Hall–Kier alpha value is -1.98. The molecule has 0 unspecified atom stereocenters. The Kier molecular flexibility index (Phi) is 11.4. The van der Waals surface area contributed by atoms with Crippen LogP contribution in [0, 0.1) is 5.92 Å². The van der Waals surface area contributed by atoms with Crippen molar-refractivity contribution in [3.63, 3.8) is 0 Å². The summed E-state index contributed by atoms with van der Waals surface area (Å²) in [4.78, 5) is 16.6. The van der Waals surface area contributed by atoms with Gasteiger partial charge in [0.15, 0.2) is 5.82 Å². The van der Waals surface area contributed by atoms with Crippen molar-refractivity contribution >= 4 is 0 Å². The summed E-state index contributed by atoms with van der Waals surface area (Å²) in [6, 6.07) is 0. The maximum atomic E-state index is 4.35. The summed E-state index contributed by atoms with van der Waals surface area (Å²) in [6.07, 6.45) is 4.83. The molecule has 6 nitrogen and oxygen atoms in total. The van der Waals surface area contributed by atoms with Crippen LogP contribution in [0.2, 0.25) is 0 Å². The molecule has 0 fully saturated rings. The molecule has 140 valence electrons. The first-order valence-electron chi connectivity index (χ1n) is 8.97. The molecular formula is C19H34N6. The van der Waals surface area contributed by atoms with E-state index < -0.39 is 0 Å². The normalized spacial score (nSPS) is 10.4. The third kappa shape index (κ3) is 11.2. The van der Waals surface area contributed by atoms with Gasteiger partial charge in [-0.1, -0.05) is 62.3 Å². The molecule has 0 saturated carbocycles. The van der Waals surface area contributed by atoms with Gasteiger partial charge in [0, 0.05) is 24.0 Å². The topological polar surface area (TPSA) is 77.3 Å². The molecule has 2 rings (SSSR count). The summed E-state index contributed by atoms with van der Waals surface area (Å²) >= 11 is 0. The van der Waals surface area contributed by atoms with Crippen molar-refractivity contribution in [2.75, 3.05) is 0 Å². The predicted octanol–water partition coefficient (Wildman–Crippen LogP) is 4.78. The fraction of sp³-hybridized carbons (Fsp3) is 0.684. The fourth-order valence-electron chi connectivity index (χ4n) is 1.40. The van der Waals surface area contributed by atoms with Crippen molar-refractivity contribution in [1.82, 2.24) is 30.1 Å². The van der Waals surface area contributed by atoms with E-state index in [1.807, 2.05) is 13.8 Å². The fourth-order valence-corrected chi connectivity index (χ4v) is 1.40. The maximum Gasteiger partial charge on any atom is 0.153 e. The Balaban J connectivity index is 0.000000391. The Bertz CT molecular complexity index is 541. The van der Waals surface area contributed by atoms with Crippen LogP contribution in [-0.2, 0) is 0 Å². The predicted molar refractivity (Wildman–Crippen MR) is 102 cm³/mol. The minimum absolute atomic E-state index is 0.374. The van der Waals surface area contributed by atoms with Crippen LogP contribution in [0.5, 0.6) is 0 Å². The molecule has 2 aromatic rings. The molecule has 0 aliphatic rings. The molecule has 2 aromatic heterocycles. The van der Waals surface area contributed by atoms with Crippen molar-refractivity contribution in [3.8, 4) is 0 Å². The van der Waals surface area contributed by atoms with Crippen LogP contribution in [0.15, 0.2) is 18.7 Å². The van der Waals surface area contributed by atoms with Gasteiger partial charge in [0.05, 0.1) is 6.20 Å². The summed E-state index contributed by atoms with van der Waals surface area (Å²) in [7, 11) is 0. The largest absolute Gasteiger partial charge is 0.238 e. The third-order valence-corrected chi connectivity index (χ3v) is 2.66. The standard InChI is InChI=1S/C9H15N3.C6H9N3.C4H10/c1-6(2)8-10-5-11-9(12-8)7(3)4;1-5(2)6-7-3-4-8-9-6;1-4(2)3/h5-7H,1-4H3;3-5H,1-2H3;4H,1-3H3. The SMILES string of the molecule is CC(C)C.CC(C)c1nccnn1.CC(C)c1ncnc(C(C)C)n1. The van der Waals surface area contributed by atoms with Gasteiger partial charge in [0.2, 0.25) is 0 Å². The zero-order valence-corrected chi connectivity index (χ0v) is 17.2. The van der Waals surface area contributed by atoms with Gasteiger partial charge in [-0.3, -0.25) is 0 Å². The lowest BCUT2D eigenvalue weighted by Gasteiger charge is -2.06. The monoisotopic (exact) mass is 346 g/mol. The molecule has 0 atom stereocenters. The van der Waals surface area contributed by atoms with Crippen LogP contribution in [0.25, 0.3) is 0 Å². The molecule has 0 amide bonds. The van der Waals surface area contributed by atoms with E-state index in [-0.39, 0.29) is 0 Å². The Morgan fingerprint density at radius 1 is 0.600 bits per heavy atom. The van der Waals surface area contributed by atoms with Crippen LogP contribution in [-0.4, -0.2) is 30.1 Å². The van der Waals surface area contributed by atoms with E-state index in [1.165, 1.54) is 0 Å². The number of hydrogen-bond acceptors (Lipinski definition) is 6. The molecule has 0 aromatic carbocycles. The van der Waals surface area contributed by atoms with E-state index in [0.29, 0.717) is 17.8 Å². The van der Waals surface area contributed by atoms with Gasteiger partial charge >= 0.3 is 0 Å². The van der Waals surface area contributed by atoms with E-state index in [0.717, 1.165) is 23.4 Å². The minimum Gasteiger partial charge on any atom is -0.238 e. The number of rotatable bonds is 3. The van der Waals surface area contributed by atoms with Gasteiger partial charge in [0.25, 0.3) is 0 Å². The van der Waals surface area contributed by atoms with Gasteiger partial charge in [0.1, 0.15) is 18.0 Å². The Morgan fingerprint density at radius 2 is 1.04 bits per heavy atom. The van der Waals surface area contributed by atoms with Gasteiger partial charge in [-0.05, 0) is 5.92 Å². The third-order valence-electron chi connectivity index (χ3n) is 2.66. The molecule has 0 aliphatic carbocycles. The van der Waals surface area contributed by atoms with Gasteiger partial charge in [-0.15, -0.1) is 5.10 Å². The second kappa shape index (κ2) is 12.4. The number of nitrogens with zero attached hydrogens (tertiary/aromatic N) is 6. The molecule has 0 radical (unpaired) electrons. The van der Waals surface area contributed by atoms with E-state index in [1.54, 1.807) is 18.7 Å². The number of aromatic nitrogens is 6. The van der Waals surface area contributed by atoms with Crippen molar-refractivity contribution < 1.29 is 0 Å².